The lowest BCUT2D eigenvalue weighted by Gasteiger charge is -2.14. The summed E-state index contributed by atoms with van der Waals surface area (Å²) in [6.45, 7) is 0. The Bertz CT molecular complexity index is 506. The molecule has 0 bridgehead atoms. The van der Waals surface area contributed by atoms with E-state index in [-0.39, 0.29) is 0 Å². The van der Waals surface area contributed by atoms with E-state index in [1.165, 1.54) is 22.3 Å². The Morgan fingerprint density at radius 2 is 1.81 bits per heavy atom. The average molecular weight is 226 g/mol. The van der Waals surface area contributed by atoms with Gasteiger partial charge in [0.1, 0.15) is 0 Å². The summed E-state index contributed by atoms with van der Waals surface area (Å²) in [4.78, 5) is 1.16. The molecular weight excluding hydrogens is 212 g/mol. The Balaban J connectivity index is 2.05. The largest absolute Gasteiger partial charge is 0.0843 e. The second kappa shape index (κ2) is 3.99. The minimum Gasteiger partial charge on any atom is -0.0843 e. The van der Waals surface area contributed by atoms with Gasteiger partial charge in [-0.25, -0.2) is 0 Å². The normalized spacial score (nSPS) is 19.1. The summed E-state index contributed by atoms with van der Waals surface area (Å²) >= 11 is 5.47. The second-order valence-corrected chi connectivity index (χ2v) is 4.97. The topological polar surface area (TPSA) is 0 Å². The fourth-order valence-corrected chi connectivity index (χ4v) is 2.94. The third-order valence-corrected chi connectivity index (χ3v) is 3.90. The number of rotatable bonds is 0. The van der Waals surface area contributed by atoms with Gasteiger partial charge < -0.3 is 0 Å². The Hall–Kier alpha value is -1.21. The van der Waals surface area contributed by atoms with Gasteiger partial charge in [0.05, 0.1) is 0 Å². The van der Waals surface area contributed by atoms with E-state index >= 15 is 0 Å². The molecule has 0 saturated heterocycles. The molecular formula is C15H14S. The quantitative estimate of drug-likeness (QED) is 0.606. The summed E-state index contributed by atoms with van der Waals surface area (Å²) in [7, 11) is 0. The molecule has 0 N–H and O–H groups in total. The molecule has 0 nitrogen and oxygen atoms in total. The van der Waals surface area contributed by atoms with Crippen LogP contribution >= 0.6 is 12.2 Å². The van der Waals surface area contributed by atoms with E-state index in [1.807, 2.05) is 0 Å². The number of allylic oxidation sites excluding steroid dienone is 4. The molecule has 1 heteroatoms. The van der Waals surface area contributed by atoms with Gasteiger partial charge in [0, 0.05) is 11.3 Å². The van der Waals surface area contributed by atoms with Crippen molar-refractivity contribution in [1.82, 2.24) is 0 Å². The molecule has 0 fully saturated rings. The highest BCUT2D eigenvalue weighted by atomic mass is 32.1. The van der Waals surface area contributed by atoms with Crippen LogP contribution in [0, 0.1) is 0 Å². The maximum absolute atomic E-state index is 5.47. The maximum atomic E-state index is 5.47. The summed E-state index contributed by atoms with van der Waals surface area (Å²) in [5.41, 5.74) is 5.85. The first kappa shape index (κ1) is 9.98. The van der Waals surface area contributed by atoms with Crippen LogP contribution < -0.4 is 0 Å². The SMILES string of the molecule is S=C1CC=CC2=C1CCc1ccccc1C2. The number of thiocarbonyl (C=S) groups is 1. The zero-order valence-corrected chi connectivity index (χ0v) is 10.0. The minimum atomic E-state index is 0.963. The highest BCUT2D eigenvalue weighted by Gasteiger charge is 2.18. The Morgan fingerprint density at radius 3 is 2.69 bits per heavy atom. The summed E-state index contributed by atoms with van der Waals surface area (Å²) in [5, 5.41) is 0. The molecule has 0 unspecified atom stereocenters. The molecule has 0 amide bonds. The van der Waals surface area contributed by atoms with Gasteiger partial charge in [-0.2, -0.15) is 0 Å². The van der Waals surface area contributed by atoms with Crippen LogP contribution in [0.1, 0.15) is 24.0 Å². The number of hydrogen-bond acceptors (Lipinski definition) is 1. The highest BCUT2D eigenvalue weighted by molar-refractivity contribution is 7.80. The van der Waals surface area contributed by atoms with Crippen molar-refractivity contribution in [1.29, 1.82) is 0 Å². The fourth-order valence-electron chi connectivity index (χ4n) is 2.62. The highest BCUT2D eigenvalue weighted by Crippen LogP contribution is 2.29. The van der Waals surface area contributed by atoms with Crippen molar-refractivity contribution < 1.29 is 0 Å². The van der Waals surface area contributed by atoms with Gasteiger partial charge in [0.2, 0.25) is 0 Å². The zero-order chi connectivity index (χ0) is 11.0. The molecule has 0 heterocycles. The molecule has 80 valence electrons. The van der Waals surface area contributed by atoms with Crippen molar-refractivity contribution >= 4 is 17.1 Å². The van der Waals surface area contributed by atoms with E-state index in [2.05, 4.69) is 36.4 Å². The third-order valence-electron chi connectivity index (χ3n) is 3.49. The second-order valence-electron chi connectivity index (χ2n) is 4.48. The lowest BCUT2D eigenvalue weighted by Crippen LogP contribution is -2.06. The van der Waals surface area contributed by atoms with Crippen LogP contribution in [0.25, 0.3) is 0 Å². The predicted molar refractivity (Wildman–Crippen MR) is 71.8 cm³/mol. The van der Waals surface area contributed by atoms with Gasteiger partial charge in [-0.3, -0.25) is 0 Å². The first-order chi connectivity index (χ1) is 7.84. The molecule has 0 aromatic heterocycles. The van der Waals surface area contributed by atoms with E-state index in [4.69, 9.17) is 12.2 Å². The monoisotopic (exact) mass is 226 g/mol. The predicted octanol–water partition coefficient (Wildman–Crippen LogP) is 3.80. The van der Waals surface area contributed by atoms with Gasteiger partial charge in [-0.15, -0.1) is 0 Å². The molecule has 0 saturated carbocycles. The summed E-state index contributed by atoms with van der Waals surface area (Å²) in [6, 6.07) is 8.77. The van der Waals surface area contributed by atoms with Gasteiger partial charge in [0.15, 0.2) is 0 Å². The van der Waals surface area contributed by atoms with Crippen LogP contribution in [0.5, 0.6) is 0 Å². The van der Waals surface area contributed by atoms with Gasteiger partial charge in [-0.05, 0) is 41.5 Å². The molecule has 0 atom stereocenters. The van der Waals surface area contributed by atoms with Crippen LogP contribution in [0.15, 0.2) is 47.6 Å². The van der Waals surface area contributed by atoms with E-state index in [0.717, 1.165) is 30.5 Å². The molecule has 0 aliphatic heterocycles. The van der Waals surface area contributed by atoms with Crippen LogP contribution in [0.3, 0.4) is 0 Å². The van der Waals surface area contributed by atoms with Crippen molar-refractivity contribution in [3.05, 3.63) is 58.7 Å². The molecule has 2 aliphatic rings. The third kappa shape index (κ3) is 1.65. The lowest BCUT2D eigenvalue weighted by atomic mass is 9.93. The molecule has 1 aromatic carbocycles. The lowest BCUT2D eigenvalue weighted by molar-refractivity contribution is 0.975. The zero-order valence-electron chi connectivity index (χ0n) is 9.20. The number of hydrogen-bond donors (Lipinski definition) is 0. The first-order valence-electron chi connectivity index (χ1n) is 5.83. The van der Waals surface area contributed by atoms with E-state index < -0.39 is 0 Å². The van der Waals surface area contributed by atoms with Crippen LogP contribution in [-0.2, 0) is 12.8 Å². The smallest absolute Gasteiger partial charge is 0.0224 e. The fraction of sp³-hybridized carbons (Fsp3) is 0.267. The Kier molecular flexibility index (Phi) is 2.49. The maximum Gasteiger partial charge on any atom is 0.0224 e. The molecule has 3 rings (SSSR count). The van der Waals surface area contributed by atoms with Crippen molar-refractivity contribution in [2.24, 2.45) is 0 Å². The summed E-state index contributed by atoms with van der Waals surface area (Å²) < 4.78 is 0. The van der Waals surface area contributed by atoms with Gasteiger partial charge in [-0.1, -0.05) is 48.6 Å². The Labute approximate surface area is 102 Å². The van der Waals surface area contributed by atoms with Crippen LogP contribution in [0.4, 0.5) is 0 Å². The Morgan fingerprint density at radius 1 is 1.00 bits per heavy atom. The average Bonchev–Trinajstić information content (AvgIpc) is 2.48. The van der Waals surface area contributed by atoms with E-state index in [1.54, 1.807) is 0 Å². The van der Waals surface area contributed by atoms with E-state index in [0.29, 0.717) is 0 Å². The molecule has 0 radical (unpaired) electrons. The van der Waals surface area contributed by atoms with Crippen molar-refractivity contribution in [2.75, 3.05) is 0 Å². The van der Waals surface area contributed by atoms with E-state index in [9.17, 15) is 0 Å². The minimum absolute atomic E-state index is 0.963. The van der Waals surface area contributed by atoms with Crippen molar-refractivity contribution in [3.8, 4) is 0 Å². The summed E-state index contributed by atoms with van der Waals surface area (Å²) in [6.07, 6.45) is 8.76. The molecule has 0 spiro atoms. The summed E-state index contributed by atoms with van der Waals surface area (Å²) in [5.74, 6) is 0. The molecule has 2 aliphatic carbocycles. The van der Waals surface area contributed by atoms with Gasteiger partial charge >= 0.3 is 0 Å². The van der Waals surface area contributed by atoms with Crippen LogP contribution in [-0.4, -0.2) is 4.86 Å². The molecule has 16 heavy (non-hydrogen) atoms. The molecule has 1 aromatic rings. The van der Waals surface area contributed by atoms with Crippen LogP contribution in [0.2, 0.25) is 0 Å². The standard InChI is InChI=1S/C15H14S/c16-15-7-3-6-13-10-12-5-2-1-4-11(12)8-9-14(13)15/h1-6H,7-10H2. The number of benzene rings is 1. The number of aryl methyl sites for hydroxylation is 1. The van der Waals surface area contributed by atoms with Crippen molar-refractivity contribution in [3.63, 3.8) is 0 Å². The van der Waals surface area contributed by atoms with Crippen molar-refractivity contribution in [2.45, 2.75) is 25.7 Å². The first-order valence-corrected chi connectivity index (χ1v) is 6.24. The van der Waals surface area contributed by atoms with Gasteiger partial charge in [0.25, 0.3) is 0 Å². The number of fused-ring (bicyclic) bond motifs is 1.